The van der Waals surface area contributed by atoms with Crippen molar-refractivity contribution < 1.29 is 4.74 Å². The first-order valence-electron chi connectivity index (χ1n) is 9.54. The topological polar surface area (TPSA) is 40.1 Å². The second-order valence-electron chi connectivity index (χ2n) is 7.20. The van der Waals surface area contributed by atoms with E-state index in [2.05, 4.69) is 57.6 Å². The third kappa shape index (κ3) is 6.29. The number of aliphatic imine (C=N–C) groups is 1. The van der Waals surface area contributed by atoms with Crippen LogP contribution in [0.5, 0.6) is 5.75 Å². The summed E-state index contributed by atoms with van der Waals surface area (Å²) in [6.07, 6.45) is 1.18. The zero-order valence-electron chi connectivity index (χ0n) is 17.0. The lowest BCUT2D eigenvalue weighted by Gasteiger charge is -2.21. The third-order valence-corrected chi connectivity index (χ3v) is 4.93. The number of hydrogen-bond donors (Lipinski definition) is 1. The Kier molecular flexibility index (Phi) is 8.89. The first-order chi connectivity index (χ1) is 13.2. The maximum Gasteiger partial charge on any atom is 0.193 e. The molecule has 28 heavy (non-hydrogen) atoms. The summed E-state index contributed by atoms with van der Waals surface area (Å²) in [5.41, 5.74) is 2.46. The minimum absolute atomic E-state index is 0. The molecular formula is C22H31IN4O. The van der Waals surface area contributed by atoms with Gasteiger partial charge in [0.05, 0.1) is 13.7 Å². The molecule has 0 spiro atoms. The van der Waals surface area contributed by atoms with E-state index in [9.17, 15) is 0 Å². The van der Waals surface area contributed by atoms with Gasteiger partial charge in [0.2, 0.25) is 0 Å². The second-order valence-corrected chi connectivity index (χ2v) is 7.20. The number of rotatable bonds is 6. The van der Waals surface area contributed by atoms with Gasteiger partial charge in [-0.05, 0) is 30.0 Å². The van der Waals surface area contributed by atoms with Crippen LogP contribution in [0, 0.1) is 5.92 Å². The molecule has 0 aromatic heterocycles. The first kappa shape index (κ1) is 22.3. The maximum atomic E-state index is 5.35. The summed E-state index contributed by atoms with van der Waals surface area (Å²) in [7, 11) is 5.79. The van der Waals surface area contributed by atoms with Crippen LogP contribution >= 0.6 is 24.0 Å². The van der Waals surface area contributed by atoms with E-state index in [1.807, 2.05) is 26.2 Å². The van der Waals surface area contributed by atoms with Gasteiger partial charge < -0.3 is 19.9 Å². The molecule has 5 nitrogen and oxygen atoms in total. The summed E-state index contributed by atoms with van der Waals surface area (Å²) >= 11 is 0. The summed E-state index contributed by atoms with van der Waals surface area (Å²) in [6, 6.07) is 18.7. The van der Waals surface area contributed by atoms with Crippen LogP contribution < -0.4 is 15.0 Å². The molecule has 0 saturated carbocycles. The van der Waals surface area contributed by atoms with E-state index in [1.165, 1.54) is 17.7 Å². The molecule has 2 aromatic carbocycles. The minimum Gasteiger partial charge on any atom is -0.497 e. The fraction of sp³-hybridized carbons (Fsp3) is 0.409. The zero-order valence-corrected chi connectivity index (χ0v) is 19.3. The van der Waals surface area contributed by atoms with Gasteiger partial charge in [0.15, 0.2) is 5.96 Å². The SMILES string of the molecule is COc1cccc(N2CCC(CNC(=NCc3ccccc3)N(C)C)C2)c1.I. The number of methoxy groups -OCH3 is 1. The van der Waals surface area contributed by atoms with Crippen LogP contribution in [0.3, 0.4) is 0 Å². The quantitative estimate of drug-likeness (QED) is 0.377. The summed E-state index contributed by atoms with van der Waals surface area (Å²) < 4.78 is 5.35. The maximum absolute atomic E-state index is 5.35. The van der Waals surface area contributed by atoms with Gasteiger partial charge in [-0.15, -0.1) is 24.0 Å². The molecule has 0 amide bonds. The molecule has 0 radical (unpaired) electrons. The van der Waals surface area contributed by atoms with Gasteiger partial charge in [0, 0.05) is 45.5 Å². The van der Waals surface area contributed by atoms with Gasteiger partial charge in [-0.2, -0.15) is 0 Å². The van der Waals surface area contributed by atoms with E-state index in [0.29, 0.717) is 12.5 Å². The van der Waals surface area contributed by atoms with Gasteiger partial charge in [0.25, 0.3) is 0 Å². The Balaban J connectivity index is 0.00000280. The number of anilines is 1. The van der Waals surface area contributed by atoms with Crippen LogP contribution in [0.1, 0.15) is 12.0 Å². The van der Waals surface area contributed by atoms with Crippen molar-refractivity contribution in [3.8, 4) is 5.75 Å². The third-order valence-electron chi connectivity index (χ3n) is 4.93. The van der Waals surface area contributed by atoms with Gasteiger partial charge in [-0.1, -0.05) is 36.4 Å². The van der Waals surface area contributed by atoms with E-state index in [-0.39, 0.29) is 24.0 Å². The number of benzene rings is 2. The van der Waals surface area contributed by atoms with Crippen LogP contribution in [0.15, 0.2) is 59.6 Å². The Morgan fingerprint density at radius 1 is 1.18 bits per heavy atom. The smallest absolute Gasteiger partial charge is 0.193 e. The Hall–Kier alpha value is -1.96. The molecule has 0 bridgehead atoms. The predicted octanol–water partition coefficient (Wildman–Crippen LogP) is 3.85. The standard InChI is InChI=1S/C22H30N4O.HI/c1-25(2)22(23-15-18-8-5-4-6-9-18)24-16-19-12-13-26(17-19)20-10-7-11-21(14-20)27-3;/h4-11,14,19H,12-13,15-17H2,1-3H3,(H,23,24);1H. The summed E-state index contributed by atoms with van der Waals surface area (Å²) in [4.78, 5) is 9.24. The zero-order chi connectivity index (χ0) is 19.1. The summed E-state index contributed by atoms with van der Waals surface area (Å²) in [5.74, 6) is 2.47. The molecule has 2 aromatic rings. The van der Waals surface area contributed by atoms with E-state index in [1.54, 1.807) is 7.11 Å². The van der Waals surface area contributed by atoms with Crippen LogP contribution in [-0.2, 0) is 6.54 Å². The van der Waals surface area contributed by atoms with Crippen LogP contribution in [0.4, 0.5) is 5.69 Å². The van der Waals surface area contributed by atoms with Crippen molar-refractivity contribution in [2.75, 3.05) is 45.7 Å². The second kappa shape index (κ2) is 11.1. The predicted molar refractivity (Wildman–Crippen MR) is 128 cm³/mol. The van der Waals surface area contributed by atoms with E-state index < -0.39 is 0 Å². The van der Waals surface area contributed by atoms with Crippen molar-refractivity contribution in [2.45, 2.75) is 13.0 Å². The fourth-order valence-electron chi connectivity index (χ4n) is 3.38. The average molecular weight is 494 g/mol. The molecule has 1 aliphatic rings. The lowest BCUT2D eigenvalue weighted by atomic mass is 10.1. The number of hydrogen-bond acceptors (Lipinski definition) is 3. The van der Waals surface area contributed by atoms with Gasteiger partial charge in [0.1, 0.15) is 5.75 Å². The Morgan fingerprint density at radius 2 is 1.96 bits per heavy atom. The highest BCUT2D eigenvalue weighted by molar-refractivity contribution is 14.0. The first-order valence-corrected chi connectivity index (χ1v) is 9.54. The highest BCUT2D eigenvalue weighted by Crippen LogP contribution is 2.26. The monoisotopic (exact) mass is 494 g/mol. The minimum atomic E-state index is 0. The number of nitrogens with one attached hydrogen (secondary N) is 1. The largest absolute Gasteiger partial charge is 0.497 e. The highest BCUT2D eigenvalue weighted by atomic mass is 127. The van der Waals surface area contributed by atoms with Crippen molar-refractivity contribution in [3.63, 3.8) is 0 Å². The van der Waals surface area contributed by atoms with E-state index >= 15 is 0 Å². The number of nitrogens with zero attached hydrogens (tertiary/aromatic N) is 3. The van der Waals surface area contributed by atoms with Crippen LogP contribution in [0.2, 0.25) is 0 Å². The summed E-state index contributed by atoms with van der Waals surface area (Å²) in [5, 5.41) is 3.55. The molecule has 1 aliphatic heterocycles. The molecule has 1 fully saturated rings. The molecular weight excluding hydrogens is 463 g/mol. The Morgan fingerprint density at radius 3 is 2.68 bits per heavy atom. The molecule has 1 unspecified atom stereocenters. The van der Waals surface area contributed by atoms with Crippen molar-refractivity contribution in [2.24, 2.45) is 10.9 Å². The van der Waals surface area contributed by atoms with Crippen LogP contribution in [0.25, 0.3) is 0 Å². The van der Waals surface area contributed by atoms with Gasteiger partial charge in [-0.3, -0.25) is 0 Å². The molecule has 0 aliphatic carbocycles. The molecule has 1 atom stereocenters. The normalized spacial score (nSPS) is 16.5. The van der Waals surface area contributed by atoms with E-state index in [0.717, 1.165) is 31.3 Å². The van der Waals surface area contributed by atoms with Crippen molar-refractivity contribution in [1.82, 2.24) is 10.2 Å². The lowest BCUT2D eigenvalue weighted by Crippen LogP contribution is -2.39. The highest BCUT2D eigenvalue weighted by Gasteiger charge is 2.23. The van der Waals surface area contributed by atoms with Crippen molar-refractivity contribution >= 4 is 35.6 Å². The number of halogens is 1. The lowest BCUT2D eigenvalue weighted by molar-refractivity contribution is 0.415. The molecule has 1 N–H and O–H groups in total. The summed E-state index contributed by atoms with van der Waals surface area (Å²) in [6.45, 7) is 3.77. The molecule has 1 saturated heterocycles. The van der Waals surface area contributed by atoms with Crippen molar-refractivity contribution in [1.29, 1.82) is 0 Å². The van der Waals surface area contributed by atoms with E-state index in [4.69, 9.17) is 9.73 Å². The number of guanidine groups is 1. The molecule has 6 heteroatoms. The number of ether oxygens (including phenoxy) is 1. The molecule has 3 rings (SSSR count). The van der Waals surface area contributed by atoms with Crippen molar-refractivity contribution in [3.05, 3.63) is 60.2 Å². The van der Waals surface area contributed by atoms with Gasteiger partial charge >= 0.3 is 0 Å². The van der Waals surface area contributed by atoms with Crippen LogP contribution in [-0.4, -0.2) is 51.7 Å². The Labute approximate surface area is 185 Å². The molecule has 152 valence electrons. The van der Waals surface area contributed by atoms with Gasteiger partial charge in [-0.25, -0.2) is 4.99 Å². The fourth-order valence-corrected chi connectivity index (χ4v) is 3.38. The Bertz CT molecular complexity index is 751. The molecule has 1 heterocycles. The average Bonchev–Trinajstić information content (AvgIpc) is 3.17.